The lowest BCUT2D eigenvalue weighted by molar-refractivity contribution is 0.0919. The number of fused-ring (bicyclic) bond motifs is 3. The highest BCUT2D eigenvalue weighted by Crippen LogP contribution is 2.41. The largest absolute Gasteiger partial charge is 0.474 e. The Hall–Kier alpha value is -2.44. The van der Waals surface area contributed by atoms with E-state index >= 15 is 0 Å². The molecule has 0 radical (unpaired) electrons. The summed E-state index contributed by atoms with van der Waals surface area (Å²) in [6.07, 6.45) is 4.90. The molecule has 5 rings (SSSR count). The van der Waals surface area contributed by atoms with Crippen LogP contribution in [-0.4, -0.2) is 35.9 Å². The lowest BCUT2D eigenvalue weighted by Crippen LogP contribution is -2.49. The van der Waals surface area contributed by atoms with Gasteiger partial charge in [0, 0.05) is 42.6 Å². The molecule has 3 heterocycles. The zero-order valence-electron chi connectivity index (χ0n) is 15.4. The van der Waals surface area contributed by atoms with Gasteiger partial charge < -0.3 is 4.74 Å². The Morgan fingerprint density at radius 2 is 1.61 bits per heavy atom. The van der Waals surface area contributed by atoms with Crippen molar-refractivity contribution in [1.82, 2.24) is 9.29 Å². The molecule has 144 valence electrons. The number of pyridine rings is 1. The molecular weight excluding hydrogens is 372 g/mol. The molecule has 2 saturated heterocycles. The number of aromatic nitrogens is 1. The van der Waals surface area contributed by atoms with Crippen molar-refractivity contribution in [2.75, 3.05) is 0 Å². The van der Waals surface area contributed by atoms with Crippen LogP contribution in [0.1, 0.15) is 25.7 Å². The third kappa shape index (κ3) is 2.97. The molecule has 1 aromatic heterocycles. The predicted molar refractivity (Wildman–Crippen MR) is 108 cm³/mol. The maximum atomic E-state index is 13.6. The molecule has 6 heteroatoms. The quantitative estimate of drug-likeness (QED) is 0.671. The Morgan fingerprint density at radius 1 is 0.893 bits per heavy atom. The molecule has 0 N–H and O–H groups in total. The minimum Gasteiger partial charge on any atom is -0.474 e. The number of hydrogen-bond acceptors (Lipinski definition) is 4. The van der Waals surface area contributed by atoms with E-state index < -0.39 is 10.0 Å². The van der Waals surface area contributed by atoms with Crippen LogP contribution < -0.4 is 4.74 Å². The SMILES string of the molecule is O=S(=O)(c1cccc2ccccc12)N1C2CCC1CC(Oc1ccccn1)C2. The fourth-order valence-electron chi connectivity index (χ4n) is 4.69. The molecule has 2 bridgehead atoms. The Morgan fingerprint density at radius 3 is 2.36 bits per heavy atom. The van der Waals surface area contributed by atoms with Crippen molar-refractivity contribution in [3.63, 3.8) is 0 Å². The molecule has 0 spiro atoms. The fraction of sp³-hybridized carbons (Fsp3) is 0.318. The van der Waals surface area contributed by atoms with Crippen LogP contribution in [0, 0.1) is 0 Å². The molecule has 2 aliphatic rings. The van der Waals surface area contributed by atoms with Gasteiger partial charge >= 0.3 is 0 Å². The van der Waals surface area contributed by atoms with E-state index in [-0.39, 0.29) is 18.2 Å². The minimum absolute atomic E-state index is 0.00590. The summed E-state index contributed by atoms with van der Waals surface area (Å²) >= 11 is 0. The third-order valence-electron chi connectivity index (χ3n) is 5.85. The summed E-state index contributed by atoms with van der Waals surface area (Å²) in [6.45, 7) is 0. The average molecular weight is 394 g/mol. The van der Waals surface area contributed by atoms with Crippen molar-refractivity contribution in [2.24, 2.45) is 0 Å². The van der Waals surface area contributed by atoms with E-state index in [0.29, 0.717) is 23.6 Å². The first-order valence-electron chi connectivity index (χ1n) is 9.72. The van der Waals surface area contributed by atoms with Gasteiger partial charge in [-0.3, -0.25) is 0 Å². The molecule has 0 aliphatic carbocycles. The molecule has 5 nitrogen and oxygen atoms in total. The van der Waals surface area contributed by atoms with Crippen LogP contribution in [0.25, 0.3) is 10.8 Å². The molecule has 2 fully saturated rings. The van der Waals surface area contributed by atoms with Gasteiger partial charge in [-0.05, 0) is 30.4 Å². The van der Waals surface area contributed by atoms with Gasteiger partial charge in [-0.1, -0.05) is 42.5 Å². The van der Waals surface area contributed by atoms with E-state index in [1.54, 1.807) is 16.6 Å². The first kappa shape index (κ1) is 17.6. The van der Waals surface area contributed by atoms with Gasteiger partial charge in [0.25, 0.3) is 0 Å². The average Bonchev–Trinajstić information content (AvgIpc) is 3.00. The monoisotopic (exact) mass is 394 g/mol. The topological polar surface area (TPSA) is 59.5 Å². The third-order valence-corrected chi connectivity index (χ3v) is 7.92. The second-order valence-corrected chi connectivity index (χ2v) is 9.39. The van der Waals surface area contributed by atoms with Crippen LogP contribution in [0.4, 0.5) is 0 Å². The molecule has 2 aliphatic heterocycles. The van der Waals surface area contributed by atoms with Crippen molar-refractivity contribution in [1.29, 1.82) is 0 Å². The number of sulfonamides is 1. The van der Waals surface area contributed by atoms with Gasteiger partial charge in [0.05, 0.1) is 4.90 Å². The summed E-state index contributed by atoms with van der Waals surface area (Å²) in [7, 11) is -3.56. The number of ether oxygens (including phenoxy) is 1. The van der Waals surface area contributed by atoms with Crippen LogP contribution in [0.15, 0.2) is 71.8 Å². The summed E-state index contributed by atoms with van der Waals surface area (Å²) in [5.74, 6) is 0.609. The van der Waals surface area contributed by atoms with Crippen LogP contribution in [0.5, 0.6) is 5.88 Å². The van der Waals surface area contributed by atoms with Crippen molar-refractivity contribution in [2.45, 2.75) is 48.8 Å². The van der Waals surface area contributed by atoms with E-state index in [1.165, 1.54) is 0 Å². The van der Waals surface area contributed by atoms with Crippen molar-refractivity contribution < 1.29 is 13.2 Å². The number of rotatable bonds is 4. The summed E-state index contributed by atoms with van der Waals surface area (Å²) in [6, 6.07) is 18.8. The molecular formula is C22H22N2O3S. The normalized spacial score (nSPS) is 25.1. The Bertz CT molecular complexity index is 1080. The molecule has 28 heavy (non-hydrogen) atoms. The second-order valence-electron chi connectivity index (χ2n) is 7.58. The van der Waals surface area contributed by atoms with E-state index in [2.05, 4.69) is 4.98 Å². The lowest BCUT2D eigenvalue weighted by Gasteiger charge is -2.37. The number of hydrogen-bond donors (Lipinski definition) is 0. The van der Waals surface area contributed by atoms with Crippen LogP contribution in [-0.2, 0) is 10.0 Å². The first-order valence-corrected chi connectivity index (χ1v) is 11.2. The molecule has 2 aromatic carbocycles. The van der Waals surface area contributed by atoms with Gasteiger partial charge in [-0.2, -0.15) is 4.31 Å². The van der Waals surface area contributed by atoms with Gasteiger partial charge in [-0.25, -0.2) is 13.4 Å². The van der Waals surface area contributed by atoms with Gasteiger partial charge in [0.15, 0.2) is 0 Å². The van der Waals surface area contributed by atoms with Gasteiger partial charge in [0.1, 0.15) is 6.10 Å². The van der Waals surface area contributed by atoms with E-state index in [0.717, 1.165) is 23.6 Å². The first-order chi connectivity index (χ1) is 13.6. The lowest BCUT2D eigenvalue weighted by atomic mass is 10.0. The van der Waals surface area contributed by atoms with E-state index in [4.69, 9.17) is 4.74 Å². The summed E-state index contributed by atoms with van der Waals surface area (Å²) in [5, 5.41) is 1.74. The molecule has 0 saturated carbocycles. The highest BCUT2D eigenvalue weighted by molar-refractivity contribution is 7.89. The number of piperidine rings is 1. The fourth-order valence-corrected chi connectivity index (χ4v) is 6.80. The standard InChI is InChI=1S/C22H22N2O3S/c25-28(26,21-9-5-7-16-6-1-2-8-20(16)21)24-17-11-12-18(24)15-19(14-17)27-22-10-3-4-13-23-22/h1-10,13,17-19H,11-12,14-15H2. The number of benzene rings is 2. The van der Waals surface area contributed by atoms with Crippen LogP contribution in [0.2, 0.25) is 0 Å². The number of nitrogens with zero attached hydrogens (tertiary/aromatic N) is 2. The second kappa shape index (κ2) is 6.87. The zero-order chi connectivity index (χ0) is 19.1. The van der Waals surface area contributed by atoms with Crippen molar-refractivity contribution in [3.8, 4) is 5.88 Å². The van der Waals surface area contributed by atoms with Crippen molar-refractivity contribution >= 4 is 20.8 Å². The molecule has 0 amide bonds. The molecule has 3 aromatic rings. The molecule has 2 atom stereocenters. The Kier molecular flexibility index (Phi) is 4.33. The van der Waals surface area contributed by atoms with Crippen LogP contribution in [0.3, 0.4) is 0 Å². The highest BCUT2D eigenvalue weighted by Gasteiger charge is 2.48. The minimum atomic E-state index is -3.56. The molecule has 2 unspecified atom stereocenters. The zero-order valence-corrected chi connectivity index (χ0v) is 16.3. The maximum Gasteiger partial charge on any atom is 0.244 e. The van der Waals surface area contributed by atoms with Crippen LogP contribution >= 0.6 is 0 Å². The predicted octanol–water partition coefficient (Wildman–Crippen LogP) is 4.00. The van der Waals surface area contributed by atoms with Crippen molar-refractivity contribution in [3.05, 3.63) is 66.9 Å². The van der Waals surface area contributed by atoms with Gasteiger partial charge in [0.2, 0.25) is 15.9 Å². The Balaban J connectivity index is 1.44. The summed E-state index contributed by atoms with van der Waals surface area (Å²) in [4.78, 5) is 4.65. The maximum absolute atomic E-state index is 13.6. The van der Waals surface area contributed by atoms with Gasteiger partial charge in [-0.15, -0.1) is 0 Å². The van der Waals surface area contributed by atoms with E-state index in [1.807, 2.05) is 54.6 Å². The Labute approximate surface area is 165 Å². The highest BCUT2D eigenvalue weighted by atomic mass is 32.2. The smallest absolute Gasteiger partial charge is 0.244 e. The summed E-state index contributed by atoms with van der Waals surface area (Å²) < 4.78 is 35.0. The van der Waals surface area contributed by atoms with E-state index in [9.17, 15) is 8.42 Å². The summed E-state index contributed by atoms with van der Waals surface area (Å²) in [5.41, 5.74) is 0.